The number of hydrogen-bond acceptors (Lipinski definition) is 3. The van der Waals surface area contributed by atoms with Crippen molar-refractivity contribution in [3.63, 3.8) is 0 Å². The molecule has 21 heavy (non-hydrogen) atoms. The van der Waals surface area contributed by atoms with Gasteiger partial charge in [-0.25, -0.2) is 0 Å². The Labute approximate surface area is 134 Å². The topological polar surface area (TPSA) is 18.5 Å². The van der Waals surface area contributed by atoms with Crippen LogP contribution in [0.1, 0.15) is 18.4 Å². The summed E-state index contributed by atoms with van der Waals surface area (Å²) in [7, 11) is 0. The maximum atomic E-state index is 5.75. The average molecular weight is 310 g/mol. The Morgan fingerprint density at radius 3 is 2.14 bits per heavy atom. The van der Waals surface area contributed by atoms with E-state index in [1.807, 2.05) is 0 Å². The second-order valence-electron chi connectivity index (χ2n) is 5.74. The van der Waals surface area contributed by atoms with Crippen LogP contribution < -0.4 is 5.32 Å². The molecule has 0 aromatic heterocycles. The molecule has 1 saturated heterocycles. The number of nitrogens with one attached hydrogen (secondary N) is 1. The molecule has 0 radical (unpaired) electrons. The number of benzene rings is 1. The Morgan fingerprint density at radius 2 is 1.52 bits per heavy atom. The first kappa shape index (κ1) is 16.8. The third kappa shape index (κ3) is 6.79. The molecule has 0 bridgehead atoms. The third-order valence-electron chi connectivity index (χ3n) is 4.07. The maximum absolute atomic E-state index is 5.75. The summed E-state index contributed by atoms with van der Waals surface area (Å²) in [4.78, 5) is 5.12. The zero-order valence-corrected chi connectivity index (χ0v) is 13.7. The molecule has 0 spiro atoms. The molecule has 2 rings (SSSR count). The number of nitrogens with zero attached hydrogens (tertiary/aromatic N) is 2. The van der Waals surface area contributed by atoms with Crippen LogP contribution in [0.5, 0.6) is 0 Å². The molecule has 0 amide bonds. The van der Waals surface area contributed by atoms with E-state index in [9.17, 15) is 0 Å². The van der Waals surface area contributed by atoms with Crippen LogP contribution in [-0.2, 0) is 6.54 Å². The van der Waals surface area contributed by atoms with E-state index >= 15 is 0 Å². The van der Waals surface area contributed by atoms with Gasteiger partial charge in [0.2, 0.25) is 0 Å². The van der Waals surface area contributed by atoms with Crippen LogP contribution in [0.3, 0.4) is 0 Å². The van der Waals surface area contributed by atoms with Crippen LogP contribution in [0, 0.1) is 0 Å². The van der Waals surface area contributed by atoms with Crippen LogP contribution in [0.15, 0.2) is 30.3 Å². The van der Waals surface area contributed by atoms with E-state index in [4.69, 9.17) is 11.6 Å². The summed E-state index contributed by atoms with van der Waals surface area (Å²) >= 11 is 5.75. The van der Waals surface area contributed by atoms with Crippen LogP contribution in [0.4, 0.5) is 0 Å². The predicted molar refractivity (Wildman–Crippen MR) is 91.0 cm³/mol. The highest BCUT2D eigenvalue weighted by atomic mass is 35.5. The molecule has 0 saturated carbocycles. The molecule has 1 aromatic rings. The molecule has 1 fully saturated rings. The molecular weight excluding hydrogens is 282 g/mol. The van der Waals surface area contributed by atoms with Gasteiger partial charge in [-0.15, -0.1) is 11.6 Å². The van der Waals surface area contributed by atoms with Gasteiger partial charge in [0.15, 0.2) is 0 Å². The van der Waals surface area contributed by atoms with Gasteiger partial charge in [0.05, 0.1) is 0 Å². The van der Waals surface area contributed by atoms with Gasteiger partial charge in [-0.3, -0.25) is 0 Å². The fourth-order valence-corrected chi connectivity index (χ4v) is 2.90. The van der Waals surface area contributed by atoms with Gasteiger partial charge in [-0.05, 0) is 38.0 Å². The molecular formula is C17H28ClN3. The van der Waals surface area contributed by atoms with Crippen molar-refractivity contribution in [3.05, 3.63) is 35.9 Å². The second-order valence-corrected chi connectivity index (χ2v) is 6.12. The monoisotopic (exact) mass is 309 g/mol. The van der Waals surface area contributed by atoms with Crippen LogP contribution in [0.25, 0.3) is 0 Å². The van der Waals surface area contributed by atoms with Crippen molar-refractivity contribution in [1.29, 1.82) is 0 Å². The van der Waals surface area contributed by atoms with Crippen molar-refractivity contribution in [1.82, 2.24) is 15.1 Å². The SMILES string of the molecule is ClCCCN1CCN(CCCNCc2ccccc2)CC1. The first-order valence-electron chi connectivity index (χ1n) is 8.14. The highest BCUT2D eigenvalue weighted by Crippen LogP contribution is 2.04. The minimum absolute atomic E-state index is 0.785. The summed E-state index contributed by atoms with van der Waals surface area (Å²) in [5.74, 6) is 0.785. The molecule has 1 aliphatic rings. The van der Waals surface area contributed by atoms with Crippen molar-refractivity contribution >= 4 is 11.6 Å². The molecule has 1 N–H and O–H groups in total. The summed E-state index contributed by atoms with van der Waals surface area (Å²) < 4.78 is 0. The van der Waals surface area contributed by atoms with E-state index in [1.54, 1.807) is 0 Å². The summed E-state index contributed by atoms with van der Waals surface area (Å²) in [6.45, 7) is 9.28. The van der Waals surface area contributed by atoms with Gasteiger partial charge in [0.1, 0.15) is 0 Å². The Hall–Kier alpha value is -0.610. The number of piperazine rings is 1. The zero-order chi connectivity index (χ0) is 14.8. The lowest BCUT2D eigenvalue weighted by atomic mass is 10.2. The first-order valence-corrected chi connectivity index (χ1v) is 8.67. The van der Waals surface area contributed by atoms with E-state index in [1.165, 1.54) is 44.7 Å². The Bertz CT molecular complexity index is 364. The highest BCUT2D eigenvalue weighted by Gasteiger charge is 2.15. The quantitative estimate of drug-likeness (QED) is 0.558. The normalized spacial score (nSPS) is 17.2. The van der Waals surface area contributed by atoms with E-state index in [0.29, 0.717) is 0 Å². The molecule has 0 atom stereocenters. The highest BCUT2D eigenvalue weighted by molar-refractivity contribution is 6.17. The molecule has 0 aliphatic carbocycles. The molecule has 0 unspecified atom stereocenters. The van der Waals surface area contributed by atoms with Gasteiger partial charge >= 0.3 is 0 Å². The summed E-state index contributed by atoms with van der Waals surface area (Å²) in [5, 5.41) is 3.53. The molecule has 3 nitrogen and oxygen atoms in total. The van der Waals surface area contributed by atoms with Crippen molar-refractivity contribution in [2.45, 2.75) is 19.4 Å². The van der Waals surface area contributed by atoms with Gasteiger partial charge in [-0.2, -0.15) is 0 Å². The zero-order valence-electron chi connectivity index (χ0n) is 12.9. The lowest BCUT2D eigenvalue weighted by Gasteiger charge is -2.34. The number of alkyl halides is 1. The lowest BCUT2D eigenvalue weighted by molar-refractivity contribution is 0.131. The van der Waals surface area contributed by atoms with E-state index < -0.39 is 0 Å². The minimum Gasteiger partial charge on any atom is -0.313 e. The predicted octanol–water partition coefficient (Wildman–Crippen LogP) is 2.41. The summed E-state index contributed by atoms with van der Waals surface area (Å²) in [6, 6.07) is 10.6. The average Bonchev–Trinajstić information content (AvgIpc) is 2.55. The van der Waals surface area contributed by atoms with Crippen molar-refractivity contribution in [3.8, 4) is 0 Å². The van der Waals surface area contributed by atoms with Crippen LogP contribution >= 0.6 is 11.6 Å². The van der Waals surface area contributed by atoms with Gasteiger partial charge in [0.25, 0.3) is 0 Å². The van der Waals surface area contributed by atoms with Gasteiger partial charge in [0, 0.05) is 38.6 Å². The Morgan fingerprint density at radius 1 is 0.905 bits per heavy atom. The molecule has 1 aromatic carbocycles. The van der Waals surface area contributed by atoms with Crippen molar-refractivity contribution in [2.75, 3.05) is 51.7 Å². The number of hydrogen-bond donors (Lipinski definition) is 1. The van der Waals surface area contributed by atoms with E-state index in [0.717, 1.165) is 31.9 Å². The minimum atomic E-state index is 0.785. The maximum Gasteiger partial charge on any atom is 0.0235 e. The fourth-order valence-electron chi connectivity index (χ4n) is 2.78. The standard InChI is InChI=1S/C17H28ClN3/c18-8-4-10-20-12-14-21(15-13-20)11-5-9-19-16-17-6-2-1-3-7-17/h1-3,6-7,19H,4-5,8-16H2. The summed E-state index contributed by atoms with van der Waals surface area (Å²) in [5.41, 5.74) is 1.37. The molecule has 1 heterocycles. The van der Waals surface area contributed by atoms with Crippen LogP contribution in [0.2, 0.25) is 0 Å². The van der Waals surface area contributed by atoms with E-state index in [2.05, 4.69) is 45.4 Å². The van der Waals surface area contributed by atoms with Gasteiger partial charge < -0.3 is 15.1 Å². The molecule has 1 aliphatic heterocycles. The van der Waals surface area contributed by atoms with Crippen LogP contribution in [-0.4, -0.2) is 61.5 Å². The smallest absolute Gasteiger partial charge is 0.0235 e. The van der Waals surface area contributed by atoms with Crippen molar-refractivity contribution in [2.24, 2.45) is 0 Å². The van der Waals surface area contributed by atoms with Crippen molar-refractivity contribution < 1.29 is 0 Å². The number of rotatable bonds is 9. The largest absolute Gasteiger partial charge is 0.313 e. The van der Waals surface area contributed by atoms with Gasteiger partial charge in [-0.1, -0.05) is 30.3 Å². The molecule has 118 valence electrons. The Balaban J connectivity index is 1.48. The third-order valence-corrected chi connectivity index (χ3v) is 4.34. The van der Waals surface area contributed by atoms with E-state index in [-0.39, 0.29) is 0 Å². The number of halogens is 1. The molecule has 4 heteroatoms. The Kier molecular flexibility index (Phi) is 8.12. The first-order chi connectivity index (χ1) is 10.4. The summed E-state index contributed by atoms with van der Waals surface area (Å²) in [6.07, 6.45) is 2.35. The second kappa shape index (κ2) is 10.2. The fraction of sp³-hybridized carbons (Fsp3) is 0.647. The lowest BCUT2D eigenvalue weighted by Crippen LogP contribution is -2.47.